The average molecular weight is 400 g/mol. The maximum Gasteiger partial charge on any atom is 0.347 e. The van der Waals surface area contributed by atoms with E-state index in [-0.39, 0.29) is 23.4 Å². The third kappa shape index (κ3) is 5.43. The predicted octanol–water partition coefficient (Wildman–Crippen LogP) is 5.38. The van der Waals surface area contributed by atoms with Crippen LogP contribution in [-0.2, 0) is 11.2 Å². The van der Waals surface area contributed by atoms with Crippen molar-refractivity contribution in [3.63, 3.8) is 0 Å². The second-order valence-corrected chi connectivity index (χ2v) is 8.32. The predicted molar refractivity (Wildman–Crippen MR) is 111 cm³/mol. The summed E-state index contributed by atoms with van der Waals surface area (Å²) < 4.78 is 18.9. The molecule has 0 aromatic heterocycles. The SMILES string of the molecule is Cc1cc(CC(C)C(C)C(=O)c2ccc(F)cc2)cc(C)c1OC(C)(C)C(=O)O. The topological polar surface area (TPSA) is 63.6 Å². The summed E-state index contributed by atoms with van der Waals surface area (Å²) in [7, 11) is 0. The molecule has 1 N–H and O–H groups in total. The third-order valence-electron chi connectivity index (χ3n) is 5.35. The van der Waals surface area contributed by atoms with Gasteiger partial charge in [-0.25, -0.2) is 9.18 Å². The Morgan fingerprint density at radius 1 is 1.07 bits per heavy atom. The van der Waals surface area contributed by atoms with Gasteiger partial charge in [-0.15, -0.1) is 0 Å². The Morgan fingerprint density at radius 2 is 1.59 bits per heavy atom. The van der Waals surface area contributed by atoms with Gasteiger partial charge in [0.05, 0.1) is 0 Å². The Morgan fingerprint density at radius 3 is 2.07 bits per heavy atom. The summed E-state index contributed by atoms with van der Waals surface area (Å²) in [6.07, 6.45) is 0.693. The highest BCUT2D eigenvalue weighted by atomic mass is 19.1. The summed E-state index contributed by atoms with van der Waals surface area (Å²) in [6.45, 7) is 10.7. The first kappa shape index (κ1) is 22.6. The molecule has 0 fully saturated rings. The number of aryl methyl sites for hydroxylation is 2. The summed E-state index contributed by atoms with van der Waals surface area (Å²) >= 11 is 0. The number of ketones is 1. The Hall–Kier alpha value is -2.69. The van der Waals surface area contributed by atoms with Gasteiger partial charge in [-0.2, -0.15) is 0 Å². The molecule has 2 rings (SSSR count). The van der Waals surface area contributed by atoms with E-state index in [0.29, 0.717) is 17.7 Å². The minimum Gasteiger partial charge on any atom is -0.478 e. The minimum absolute atomic E-state index is 0.00546. The molecular weight excluding hydrogens is 371 g/mol. The number of ether oxygens (including phenoxy) is 1. The lowest BCUT2D eigenvalue weighted by atomic mass is 9.84. The van der Waals surface area contributed by atoms with Crippen molar-refractivity contribution in [1.82, 2.24) is 0 Å². The van der Waals surface area contributed by atoms with Gasteiger partial charge in [0.15, 0.2) is 11.4 Å². The second kappa shape index (κ2) is 8.76. The zero-order valence-electron chi connectivity index (χ0n) is 17.9. The van der Waals surface area contributed by atoms with Crippen molar-refractivity contribution in [2.75, 3.05) is 0 Å². The van der Waals surface area contributed by atoms with Crippen LogP contribution in [0.5, 0.6) is 5.75 Å². The molecule has 0 radical (unpaired) electrons. The molecule has 156 valence electrons. The van der Waals surface area contributed by atoms with Gasteiger partial charge in [-0.3, -0.25) is 4.79 Å². The van der Waals surface area contributed by atoms with Gasteiger partial charge in [0, 0.05) is 11.5 Å². The largest absolute Gasteiger partial charge is 0.478 e. The molecule has 0 aliphatic carbocycles. The Balaban J connectivity index is 2.16. The molecule has 4 nitrogen and oxygen atoms in total. The molecule has 0 aliphatic rings. The van der Waals surface area contributed by atoms with Crippen LogP contribution in [0.25, 0.3) is 0 Å². The molecule has 0 spiro atoms. The number of benzene rings is 2. The Bertz CT molecular complexity index is 877. The molecule has 5 heteroatoms. The van der Waals surface area contributed by atoms with Crippen molar-refractivity contribution in [1.29, 1.82) is 0 Å². The van der Waals surface area contributed by atoms with Gasteiger partial charge >= 0.3 is 5.97 Å². The van der Waals surface area contributed by atoms with Crippen molar-refractivity contribution in [2.45, 2.75) is 53.6 Å². The first-order chi connectivity index (χ1) is 13.4. The molecule has 2 aromatic rings. The molecule has 0 aliphatic heterocycles. The van der Waals surface area contributed by atoms with Crippen molar-refractivity contribution < 1.29 is 23.8 Å². The molecule has 2 atom stereocenters. The van der Waals surface area contributed by atoms with Crippen LogP contribution in [0.15, 0.2) is 36.4 Å². The number of rotatable bonds is 8. The first-order valence-corrected chi connectivity index (χ1v) is 9.74. The number of carbonyl (C=O) groups is 2. The zero-order chi connectivity index (χ0) is 21.9. The van der Waals surface area contributed by atoms with E-state index in [2.05, 4.69) is 0 Å². The van der Waals surface area contributed by atoms with Crippen molar-refractivity contribution in [2.24, 2.45) is 11.8 Å². The number of aliphatic carboxylic acids is 1. The van der Waals surface area contributed by atoms with E-state index in [1.54, 1.807) is 0 Å². The highest BCUT2D eigenvalue weighted by Crippen LogP contribution is 2.30. The fraction of sp³-hybridized carbons (Fsp3) is 0.417. The summed E-state index contributed by atoms with van der Waals surface area (Å²) in [6, 6.07) is 9.60. The van der Waals surface area contributed by atoms with E-state index < -0.39 is 11.6 Å². The van der Waals surface area contributed by atoms with E-state index in [1.807, 2.05) is 39.8 Å². The summed E-state index contributed by atoms with van der Waals surface area (Å²) in [5.74, 6) is -0.960. The van der Waals surface area contributed by atoms with Crippen LogP contribution < -0.4 is 4.74 Å². The number of carbonyl (C=O) groups excluding carboxylic acids is 1. The minimum atomic E-state index is -1.32. The fourth-order valence-electron chi connectivity index (χ4n) is 3.30. The summed E-state index contributed by atoms with van der Waals surface area (Å²) in [5.41, 5.74) is 1.98. The van der Waals surface area contributed by atoms with Crippen molar-refractivity contribution in [3.8, 4) is 5.75 Å². The van der Waals surface area contributed by atoms with Gasteiger partial charge in [0.2, 0.25) is 0 Å². The fourth-order valence-corrected chi connectivity index (χ4v) is 3.30. The summed E-state index contributed by atoms with van der Waals surface area (Å²) in [4.78, 5) is 24.1. The second-order valence-electron chi connectivity index (χ2n) is 8.32. The first-order valence-electron chi connectivity index (χ1n) is 9.74. The summed E-state index contributed by atoms with van der Waals surface area (Å²) in [5, 5.41) is 9.30. The molecule has 2 aromatic carbocycles. The lowest BCUT2D eigenvalue weighted by Crippen LogP contribution is -2.38. The van der Waals surface area contributed by atoms with Crippen LogP contribution in [0.4, 0.5) is 4.39 Å². The van der Waals surface area contributed by atoms with Gasteiger partial charge < -0.3 is 9.84 Å². The highest BCUT2D eigenvalue weighted by molar-refractivity contribution is 5.97. The van der Waals surface area contributed by atoms with Gasteiger partial charge in [-0.1, -0.05) is 26.0 Å². The molecule has 0 saturated heterocycles. The van der Waals surface area contributed by atoms with E-state index in [4.69, 9.17) is 4.74 Å². The maximum atomic E-state index is 13.1. The molecule has 29 heavy (non-hydrogen) atoms. The van der Waals surface area contributed by atoms with E-state index >= 15 is 0 Å². The van der Waals surface area contributed by atoms with E-state index in [9.17, 15) is 19.1 Å². The molecule has 0 bridgehead atoms. The van der Waals surface area contributed by atoms with Crippen molar-refractivity contribution in [3.05, 3.63) is 64.5 Å². The van der Waals surface area contributed by atoms with E-state index in [1.165, 1.54) is 38.1 Å². The number of Topliss-reactive ketones (excluding diaryl/α,β-unsaturated/α-hetero) is 1. The highest BCUT2D eigenvalue weighted by Gasteiger charge is 2.30. The molecule has 0 amide bonds. The average Bonchev–Trinajstić information content (AvgIpc) is 2.64. The standard InChI is InChI=1S/C24H29FO4/c1-14(17(4)21(26)19-7-9-20(25)10-8-19)11-18-12-15(2)22(16(3)13-18)29-24(5,6)23(27)28/h7-10,12-14,17H,11H2,1-6H3,(H,27,28). The van der Waals surface area contributed by atoms with Gasteiger partial charge in [-0.05, 0) is 81.0 Å². The van der Waals surface area contributed by atoms with Gasteiger partial charge in [0.25, 0.3) is 0 Å². The quantitative estimate of drug-likeness (QED) is 0.604. The lowest BCUT2D eigenvalue weighted by molar-refractivity contribution is -0.152. The maximum absolute atomic E-state index is 13.1. The number of hydrogen-bond donors (Lipinski definition) is 1. The van der Waals surface area contributed by atoms with Crippen LogP contribution in [0.2, 0.25) is 0 Å². The van der Waals surface area contributed by atoms with Crippen LogP contribution in [0, 0.1) is 31.5 Å². The number of hydrogen-bond acceptors (Lipinski definition) is 3. The van der Waals surface area contributed by atoms with Crippen LogP contribution in [-0.4, -0.2) is 22.5 Å². The third-order valence-corrected chi connectivity index (χ3v) is 5.35. The van der Waals surface area contributed by atoms with Crippen LogP contribution in [0.3, 0.4) is 0 Å². The monoisotopic (exact) mass is 400 g/mol. The number of carboxylic acids is 1. The zero-order valence-corrected chi connectivity index (χ0v) is 17.9. The van der Waals surface area contributed by atoms with Crippen LogP contribution in [0.1, 0.15) is 54.7 Å². The number of carboxylic acid groups (broad SMARTS) is 1. The Labute approximate surface area is 171 Å². The van der Waals surface area contributed by atoms with Gasteiger partial charge in [0.1, 0.15) is 11.6 Å². The van der Waals surface area contributed by atoms with Crippen molar-refractivity contribution >= 4 is 11.8 Å². The molecule has 0 saturated carbocycles. The molecular formula is C24H29FO4. The van der Waals surface area contributed by atoms with Crippen LogP contribution >= 0.6 is 0 Å². The smallest absolute Gasteiger partial charge is 0.347 e. The lowest BCUT2D eigenvalue weighted by Gasteiger charge is -2.25. The van der Waals surface area contributed by atoms with E-state index in [0.717, 1.165) is 16.7 Å². The normalized spacial score (nSPS) is 13.6. The Kier molecular flexibility index (Phi) is 6.83. The molecule has 0 heterocycles. The number of halogens is 1. The molecule has 2 unspecified atom stereocenters.